The van der Waals surface area contributed by atoms with Gasteiger partial charge in [-0.05, 0) is 53.0 Å². The molecule has 0 saturated heterocycles. The highest BCUT2D eigenvalue weighted by atomic mass is 15.0. The molecule has 0 atom stereocenters. The number of fused-ring (bicyclic) bond motifs is 7. The molecule has 4 aromatic carbocycles. The van der Waals surface area contributed by atoms with Crippen LogP contribution in [0.15, 0.2) is 83.9 Å². The Hall–Kier alpha value is -3.59. The molecule has 0 N–H and O–H groups in total. The molecule has 0 unspecified atom stereocenters. The first-order valence-corrected chi connectivity index (χ1v) is 10.9. The quantitative estimate of drug-likeness (QED) is 0.286. The zero-order chi connectivity index (χ0) is 20.9. The molecule has 0 bridgehead atoms. The highest BCUT2D eigenvalue weighted by Gasteiger charge is 2.44. The van der Waals surface area contributed by atoms with Crippen LogP contribution in [0.1, 0.15) is 25.0 Å². The van der Waals surface area contributed by atoms with Crippen molar-refractivity contribution in [3.05, 3.63) is 90.0 Å². The Bertz CT molecular complexity index is 1590. The molecule has 31 heavy (non-hydrogen) atoms. The van der Waals surface area contributed by atoms with E-state index in [-0.39, 0.29) is 12.1 Å². The number of rotatable bonds is 1. The van der Waals surface area contributed by atoms with Gasteiger partial charge in [-0.3, -0.25) is 4.99 Å². The van der Waals surface area contributed by atoms with Crippen LogP contribution in [0.3, 0.4) is 0 Å². The predicted molar refractivity (Wildman–Crippen MR) is 133 cm³/mol. The van der Waals surface area contributed by atoms with Gasteiger partial charge < -0.3 is 4.57 Å². The second-order valence-electron chi connectivity index (χ2n) is 9.32. The van der Waals surface area contributed by atoms with Crippen LogP contribution in [0.25, 0.3) is 27.5 Å². The topological polar surface area (TPSA) is 17.3 Å². The molecule has 2 nitrogen and oxygen atoms in total. The molecule has 0 fully saturated rings. The van der Waals surface area contributed by atoms with Crippen LogP contribution in [0.2, 0.25) is 0 Å². The first kappa shape index (κ1) is 17.1. The number of aliphatic imine (C=N–C) groups is 1. The molecule has 2 aliphatic heterocycles. The Morgan fingerprint density at radius 3 is 2.48 bits per heavy atom. The normalized spacial score (nSPS) is 15.1. The second-order valence-corrected chi connectivity index (χ2v) is 9.32. The highest BCUT2D eigenvalue weighted by molar-refractivity contribution is 6.99. The number of para-hydroxylation sites is 2. The Balaban J connectivity index is 1.74. The third-order valence-electron chi connectivity index (χ3n) is 7.53. The SMILES string of the molecule is C=Nc1ccc2c(c1)B1c3c(cccc3C2(C)C)-n2c3ccccc3c3cccc1c32. The summed E-state index contributed by atoms with van der Waals surface area (Å²) in [6.45, 7) is 8.70. The van der Waals surface area contributed by atoms with E-state index in [4.69, 9.17) is 0 Å². The average Bonchev–Trinajstić information content (AvgIpc) is 3.14. The minimum Gasteiger partial charge on any atom is -0.310 e. The van der Waals surface area contributed by atoms with Gasteiger partial charge in [0.25, 0.3) is 0 Å². The van der Waals surface area contributed by atoms with Crippen LogP contribution in [-0.2, 0) is 5.41 Å². The van der Waals surface area contributed by atoms with Gasteiger partial charge in [-0.1, -0.05) is 73.9 Å². The smallest absolute Gasteiger partial charge is 0.247 e. The molecule has 0 spiro atoms. The Kier molecular flexibility index (Phi) is 3.07. The van der Waals surface area contributed by atoms with Crippen molar-refractivity contribution in [1.29, 1.82) is 0 Å². The summed E-state index contributed by atoms with van der Waals surface area (Å²) in [5.74, 6) is 0. The van der Waals surface area contributed by atoms with Crippen molar-refractivity contribution in [2.75, 3.05) is 0 Å². The predicted octanol–water partition coefficient (Wildman–Crippen LogP) is 4.58. The molecule has 3 heterocycles. The average molecular weight is 396 g/mol. The van der Waals surface area contributed by atoms with Crippen molar-refractivity contribution in [3.8, 4) is 5.69 Å². The molecule has 0 amide bonds. The molecule has 2 aliphatic rings. The van der Waals surface area contributed by atoms with Crippen molar-refractivity contribution in [3.63, 3.8) is 0 Å². The first-order chi connectivity index (χ1) is 15.1. The molecule has 3 heteroatoms. The minimum absolute atomic E-state index is 0.0781. The number of benzene rings is 4. The van der Waals surface area contributed by atoms with E-state index in [0.717, 1.165) is 5.69 Å². The van der Waals surface area contributed by atoms with E-state index >= 15 is 0 Å². The van der Waals surface area contributed by atoms with Crippen molar-refractivity contribution < 1.29 is 0 Å². The van der Waals surface area contributed by atoms with Gasteiger partial charge in [0.05, 0.1) is 11.2 Å². The fourth-order valence-corrected chi connectivity index (χ4v) is 6.20. The van der Waals surface area contributed by atoms with Crippen LogP contribution < -0.4 is 16.4 Å². The molecule has 1 aromatic heterocycles. The lowest BCUT2D eigenvalue weighted by Crippen LogP contribution is -2.63. The first-order valence-electron chi connectivity index (χ1n) is 10.9. The molecule has 7 rings (SSSR count). The maximum absolute atomic E-state index is 4.26. The summed E-state index contributed by atoms with van der Waals surface area (Å²) < 4.78 is 2.49. The van der Waals surface area contributed by atoms with E-state index in [2.05, 4.69) is 109 Å². The number of aromatic nitrogens is 1. The Morgan fingerprint density at radius 2 is 1.61 bits per heavy atom. The maximum Gasteiger partial charge on any atom is 0.247 e. The largest absolute Gasteiger partial charge is 0.310 e. The fourth-order valence-electron chi connectivity index (χ4n) is 6.20. The van der Waals surface area contributed by atoms with Crippen LogP contribution in [0.4, 0.5) is 5.69 Å². The van der Waals surface area contributed by atoms with Gasteiger partial charge in [0, 0.05) is 27.4 Å². The van der Waals surface area contributed by atoms with Gasteiger partial charge in [-0.2, -0.15) is 0 Å². The van der Waals surface area contributed by atoms with E-state index in [1.54, 1.807) is 0 Å². The van der Waals surface area contributed by atoms with Gasteiger partial charge in [0.2, 0.25) is 6.71 Å². The van der Waals surface area contributed by atoms with E-state index in [0.29, 0.717) is 0 Å². The summed E-state index contributed by atoms with van der Waals surface area (Å²) in [5, 5.41) is 2.64. The number of hydrogen-bond acceptors (Lipinski definition) is 1. The van der Waals surface area contributed by atoms with Gasteiger partial charge in [-0.15, -0.1) is 0 Å². The van der Waals surface area contributed by atoms with E-state index in [1.807, 2.05) is 0 Å². The van der Waals surface area contributed by atoms with Crippen molar-refractivity contribution >= 4 is 57.3 Å². The molecular weight excluding hydrogens is 375 g/mol. The van der Waals surface area contributed by atoms with Crippen molar-refractivity contribution in [2.24, 2.45) is 4.99 Å². The van der Waals surface area contributed by atoms with Gasteiger partial charge in [0.1, 0.15) is 0 Å². The molecular formula is C28H21BN2. The lowest BCUT2D eigenvalue weighted by atomic mass is 9.30. The summed E-state index contributed by atoms with van der Waals surface area (Å²) >= 11 is 0. The molecule has 0 aliphatic carbocycles. The van der Waals surface area contributed by atoms with E-state index < -0.39 is 0 Å². The third-order valence-corrected chi connectivity index (χ3v) is 7.53. The molecule has 5 aromatic rings. The summed E-state index contributed by atoms with van der Waals surface area (Å²) in [6.07, 6.45) is 0. The third kappa shape index (κ3) is 1.93. The fraction of sp³-hybridized carbons (Fsp3) is 0.107. The Morgan fingerprint density at radius 1 is 0.806 bits per heavy atom. The number of nitrogens with zero attached hydrogens (tertiary/aromatic N) is 2. The maximum atomic E-state index is 4.26. The summed E-state index contributed by atoms with van der Waals surface area (Å²) in [7, 11) is 0. The molecule has 0 saturated carbocycles. The molecule has 146 valence electrons. The number of hydrogen-bond donors (Lipinski definition) is 0. The van der Waals surface area contributed by atoms with Gasteiger partial charge in [-0.25, -0.2) is 0 Å². The van der Waals surface area contributed by atoms with Gasteiger partial charge in [0.15, 0.2) is 0 Å². The zero-order valence-corrected chi connectivity index (χ0v) is 17.7. The standard InChI is InChI=1S/C28H21BN2/c1-28(2)20-15-14-17(30-3)16-23(20)29-22-11-6-9-19-18-8-4-5-12-24(18)31(27(19)22)25-13-7-10-21(28)26(25)29/h4-16H,3H2,1-2H3. The monoisotopic (exact) mass is 396 g/mol. The summed E-state index contributed by atoms with van der Waals surface area (Å²) in [5.41, 5.74) is 11.8. The van der Waals surface area contributed by atoms with Crippen molar-refractivity contribution in [2.45, 2.75) is 19.3 Å². The summed E-state index contributed by atoms with van der Waals surface area (Å²) in [6, 6.07) is 29.1. The lowest BCUT2D eigenvalue weighted by molar-refractivity contribution is 0.645. The van der Waals surface area contributed by atoms with E-state index in [9.17, 15) is 0 Å². The van der Waals surface area contributed by atoms with Crippen LogP contribution >= 0.6 is 0 Å². The van der Waals surface area contributed by atoms with Crippen LogP contribution in [-0.4, -0.2) is 18.0 Å². The zero-order valence-electron chi connectivity index (χ0n) is 17.7. The Labute approximate surface area is 181 Å². The van der Waals surface area contributed by atoms with E-state index in [1.165, 1.54) is 55.0 Å². The van der Waals surface area contributed by atoms with Gasteiger partial charge >= 0.3 is 0 Å². The van der Waals surface area contributed by atoms with Crippen molar-refractivity contribution in [1.82, 2.24) is 4.57 Å². The second kappa shape index (κ2) is 5.56. The summed E-state index contributed by atoms with van der Waals surface area (Å²) in [4.78, 5) is 4.26. The molecule has 0 radical (unpaired) electrons. The minimum atomic E-state index is -0.0781. The highest BCUT2D eigenvalue weighted by Crippen LogP contribution is 2.39. The lowest BCUT2D eigenvalue weighted by Gasteiger charge is -2.41. The van der Waals surface area contributed by atoms with Crippen LogP contribution in [0, 0.1) is 0 Å². The van der Waals surface area contributed by atoms with Crippen LogP contribution in [0.5, 0.6) is 0 Å².